The minimum atomic E-state index is -0.632. The molecule has 0 aliphatic carbocycles. The fourth-order valence-corrected chi connectivity index (χ4v) is 2.51. The summed E-state index contributed by atoms with van der Waals surface area (Å²) in [5, 5.41) is 10.1. The molecule has 3 N–H and O–H groups in total. The molecule has 0 atom stereocenters. The number of rotatable bonds is 5. The predicted molar refractivity (Wildman–Crippen MR) is 76.4 cm³/mol. The van der Waals surface area contributed by atoms with E-state index in [0.29, 0.717) is 6.54 Å². The van der Waals surface area contributed by atoms with Crippen molar-refractivity contribution in [2.75, 3.05) is 33.3 Å². The van der Waals surface area contributed by atoms with Crippen LogP contribution in [0, 0.1) is 0 Å². The topological polar surface area (TPSA) is 58.7 Å². The summed E-state index contributed by atoms with van der Waals surface area (Å²) >= 11 is 0. The van der Waals surface area contributed by atoms with Gasteiger partial charge in [0.1, 0.15) is 5.75 Å². The lowest BCUT2D eigenvalue weighted by molar-refractivity contribution is -0.0130. The standard InChI is InChI=1S/C15H24N2O2/c1-19-14-4-2-3-13(11-14)5-8-17-9-6-15(18,12-16)7-10-17/h2-4,11,18H,5-10,12,16H2,1H3. The Morgan fingerprint density at radius 1 is 1.37 bits per heavy atom. The van der Waals surface area contributed by atoms with Crippen LogP contribution in [-0.4, -0.2) is 48.9 Å². The van der Waals surface area contributed by atoms with Crippen molar-refractivity contribution in [3.8, 4) is 5.75 Å². The number of aliphatic hydroxyl groups is 1. The molecule has 0 amide bonds. The molecule has 1 aromatic rings. The highest BCUT2D eigenvalue weighted by Crippen LogP contribution is 2.21. The van der Waals surface area contributed by atoms with E-state index < -0.39 is 5.60 Å². The molecule has 0 saturated carbocycles. The Hall–Kier alpha value is -1.10. The molecule has 4 heteroatoms. The minimum Gasteiger partial charge on any atom is -0.497 e. The zero-order valence-electron chi connectivity index (χ0n) is 11.6. The van der Waals surface area contributed by atoms with Gasteiger partial charge in [0.25, 0.3) is 0 Å². The highest BCUT2D eigenvalue weighted by atomic mass is 16.5. The van der Waals surface area contributed by atoms with Gasteiger partial charge in [-0.1, -0.05) is 12.1 Å². The molecule has 1 aliphatic heterocycles. The molecule has 2 rings (SSSR count). The first-order chi connectivity index (χ1) is 9.15. The van der Waals surface area contributed by atoms with Gasteiger partial charge in [0.2, 0.25) is 0 Å². The number of hydrogen-bond donors (Lipinski definition) is 2. The Morgan fingerprint density at radius 3 is 2.74 bits per heavy atom. The number of benzene rings is 1. The average Bonchev–Trinajstić information content (AvgIpc) is 2.47. The van der Waals surface area contributed by atoms with Gasteiger partial charge in [-0.3, -0.25) is 0 Å². The fraction of sp³-hybridized carbons (Fsp3) is 0.600. The fourth-order valence-electron chi connectivity index (χ4n) is 2.51. The lowest BCUT2D eigenvalue weighted by atomic mass is 9.91. The molecule has 19 heavy (non-hydrogen) atoms. The van der Waals surface area contributed by atoms with Crippen LogP contribution >= 0.6 is 0 Å². The van der Waals surface area contributed by atoms with E-state index in [1.165, 1.54) is 5.56 Å². The smallest absolute Gasteiger partial charge is 0.119 e. The summed E-state index contributed by atoms with van der Waals surface area (Å²) in [6, 6.07) is 8.20. The van der Waals surface area contributed by atoms with Crippen LogP contribution in [0.25, 0.3) is 0 Å². The van der Waals surface area contributed by atoms with Gasteiger partial charge < -0.3 is 20.5 Å². The van der Waals surface area contributed by atoms with E-state index in [1.807, 2.05) is 12.1 Å². The van der Waals surface area contributed by atoms with Crippen LogP contribution in [0.1, 0.15) is 18.4 Å². The summed E-state index contributed by atoms with van der Waals surface area (Å²) in [4.78, 5) is 2.39. The molecule has 0 radical (unpaired) electrons. The summed E-state index contributed by atoms with van der Waals surface area (Å²) in [6.07, 6.45) is 2.57. The quantitative estimate of drug-likeness (QED) is 0.834. The van der Waals surface area contributed by atoms with Crippen molar-refractivity contribution in [3.63, 3.8) is 0 Å². The first-order valence-corrected chi connectivity index (χ1v) is 6.93. The van der Waals surface area contributed by atoms with Gasteiger partial charge in [0.05, 0.1) is 12.7 Å². The van der Waals surface area contributed by atoms with Crippen LogP contribution < -0.4 is 10.5 Å². The van der Waals surface area contributed by atoms with Crippen LogP contribution in [0.15, 0.2) is 24.3 Å². The zero-order chi connectivity index (χ0) is 13.7. The summed E-state index contributed by atoms with van der Waals surface area (Å²) < 4.78 is 5.23. The van der Waals surface area contributed by atoms with Crippen molar-refractivity contribution in [1.82, 2.24) is 4.90 Å². The van der Waals surface area contributed by atoms with E-state index in [1.54, 1.807) is 7.11 Å². The minimum absolute atomic E-state index is 0.372. The number of nitrogens with zero attached hydrogens (tertiary/aromatic N) is 1. The van der Waals surface area contributed by atoms with E-state index in [9.17, 15) is 5.11 Å². The monoisotopic (exact) mass is 264 g/mol. The van der Waals surface area contributed by atoms with Crippen LogP contribution in [0.4, 0.5) is 0 Å². The maximum absolute atomic E-state index is 10.1. The van der Waals surface area contributed by atoms with Crippen LogP contribution in [-0.2, 0) is 6.42 Å². The van der Waals surface area contributed by atoms with Crippen molar-refractivity contribution in [1.29, 1.82) is 0 Å². The van der Waals surface area contributed by atoms with Crippen molar-refractivity contribution < 1.29 is 9.84 Å². The highest BCUT2D eigenvalue weighted by molar-refractivity contribution is 5.28. The second kappa shape index (κ2) is 6.37. The van der Waals surface area contributed by atoms with Gasteiger partial charge in [-0.2, -0.15) is 0 Å². The Morgan fingerprint density at radius 2 is 2.11 bits per heavy atom. The Labute approximate surface area is 115 Å². The number of ether oxygens (including phenoxy) is 1. The van der Waals surface area contributed by atoms with E-state index in [4.69, 9.17) is 10.5 Å². The van der Waals surface area contributed by atoms with Crippen LogP contribution in [0.3, 0.4) is 0 Å². The number of nitrogens with two attached hydrogens (primary N) is 1. The van der Waals surface area contributed by atoms with Crippen molar-refractivity contribution in [2.45, 2.75) is 24.9 Å². The van der Waals surface area contributed by atoms with E-state index in [-0.39, 0.29) is 0 Å². The summed E-state index contributed by atoms with van der Waals surface area (Å²) in [5.41, 5.74) is 6.26. The number of piperidine rings is 1. The molecule has 1 fully saturated rings. The lowest BCUT2D eigenvalue weighted by Gasteiger charge is -2.37. The van der Waals surface area contributed by atoms with Crippen LogP contribution in [0.5, 0.6) is 5.75 Å². The third-order valence-electron chi connectivity index (χ3n) is 4.02. The molecule has 1 saturated heterocycles. The molecule has 4 nitrogen and oxygen atoms in total. The van der Waals surface area contributed by atoms with Gasteiger partial charge in [0, 0.05) is 26.2 Å². The SMILES string of the molecule is COc1cccc(CCN2CCC(O)(CN)CC2)c1. The molecule has 0 spiro atoms. The number of likely N-dealkylation sites (tertiary alicyclic amines) is 1. The van der Waals surface area contributed by atoms with E-state index >= 15 is 0 Å². The Bertz CT molecular complexity index is 401. The first kappa shape index (κ1) is 14.3. The second-order valence-corrected chi connectivity index (χ2v) is 5.37. The van der Waals surface area contributed by atoms with Crippen LogP contribution in [0.2, 0.25) is 0 Å². The van der Waals surface area contributed by atoms with Gasteiger partial charge in [-0.05, 0) is 37.0 Å². The molecule has 106 valence electrons. The van der Waals surface area contributed by atoms with E-state index in [2.05, 4.69) is 17.0 Å². The maximum Gasteiger partial charge on any atom is 0.119 e. The van der Waals surface area contributed by atoms with Gasteiger partial charge in [-0.15, -0.1) is 0 Å². The number of methoxy groups -OCH3 is 1. The molecule has 1 aliphatic rings. The summed E-state index contributed by atoms with van der Waals surface area (Å²) in [6.45, 7) is 3.25. The lowest BCUT2D eigenvalue weighted by Crippen LogP contribution is -2.49. The van der Waals surface area contributed by atoms with Crippen molar-refractivity contribution >= 4 is 0 Å². The van der Waals surface area contributed by atoms with E-state index in [0.717, 1.165) is 44.6 Å². The summed E-state index contributed by atoms with van der Waals surface area (Å²) in [5.74, 6) is 0.911. The Balaban J connectivity index is 1.80. The number of hydrogen-bond acceptors (Lipinski definition) is 4. The predicted octanol–water partition coefficient (Wildman–Crippen LogP) is 1.02. The summed E-state index contributed by atoms with van der Waals surface area (Å²) in [7, 11) is 1.69. The largest absolute Gasteiger partial charge is 0.497 e. The molecule has 1 aromatic carbocycles. The second-order valence-electron chi connectivity index (χ2n) is 5.37. The van der Waals surface area contributed by atoms with Crippen molar-refractivity contribution in [3.05, 3.63) is 29.8 Å². The molecule has 0 bridgehead atoms. The third kappa shape index (κ3) is 3.93. The maximum atomic E-state index is 10.1. The average molecular weight is 264 g/mol. The molecular formula is C15H24N2O2. The first-order valence-electron chi connectivity index (χ1n) is 6.93. The van der Waals surface area contributed by atoms with Gasteiger partial charge in [-0.25, -0.2) is 0 Å². The zero-order valence-corrected chi connectivity index (χ0v) is 11.6. The molecular weight excluding hydrogens is 240 g/mol. The highest BCUT2D eigenvalue weighted by Gasteiger charge is 2.30. The third-order valence-corrected chi connectivity index (χ3v) is 4.02. The Kier molecular flexibility index (Phi) is 4.80. The molecule has 0 aromatic heterocycles. The van der Waals surface area contributed by atoms with Crippen molar-refractivity contribution in [2.24, 2.45) is 5.73 Å². The molecule has 0 unspecified atom stereocenters. The normalized spacial score (nSPS) is 19.3. The van der Waals surface area contributed by atoms with Gasteiger partial charge in [0.15, 0.2) is 0 Å². The van der Waals surface area contributed by atoms with Gasteiger partial charge >= 0.3 is 0 Å². The molecule has 1 heterocycles.